The highest BCUT2D eigenvalue weighted by molar-refractivity contribution is 8.00. The number of aryl methyl sites for hydroxylation is 3. The Morgan fingerprint density at radius 3 is 2.61 bits per heavy atom. The quantitative estimate of drug-likeness (QED) is 0.318. The van der Waals surface area contributed by atoms with Crippen LogP contribution in [0.5, 0.6) is 0 Å². The average molecular weight is 496 g/mol. The zero-order valence-electron chi connectivity index (χ0n) is 20.5. The molecule has 0 radical (unpaired) electrons. The number of nitrogens with one attached hydrogen (secondary N) is 1. The fourth-order valence-corrected chi connectivity index (χ4v) is 5.42. The molecule has 36 heavy (non-hydrogen) atoms. The van der Waals surface area contributed by atoms with Crippen LogP contribution in [-0.4, -0.2) is 35.5 Å². The first-order valence-corrected chi connectivity index (χ1v) is 12.6. The van der Waals surface area contributed by atoms with Crippen molar-refractivity contribution in [3.05, 3.63) is 77.0 Å². The van der Waals surface area contributed by atoms with Gasteiger partial charge < -0.3 is 5.32 Å². The third-order valence-electron chi connectivity index (χ3n) is 6.14. The molecular weight excluding hydrogens is 470 g/mol. The van der Waals surface area contributed by atoms with Crippen molar-refractivity contribution in [1.29, 1.82) is 5.26 Å². The predicted molar refractivity (Wildman–Crippen MR) is 142 cm³/mol. The van der Waals surface area contributed by atoms with Crippen molar-refractivity contribution in [3.8, 4) is 11.8 Å². The van der Waals surface area contributed by atoms with Crippen molar-refractivity contribution in [3.63, 3.8) is 0 Å². The summed E-state index contributed by atoms with van der Waals surface area (Å²) in [6.07, 6.45) is 2.02. The Morgan fingerprint density at radius 1 is 1.11 bits per heavy atom. The molecule has 1 N–H and O–H groups in total. The monoisotopic (exact) mass is 495 g/mol. The van der Waals surface area contributed by atoms with Crippen LogP contribution >= 0.6 is 11.8 Å². The number of hydrogen-bond donors (Lipinski definition) is 1. The minimum Gasteiger partial charge on any atom is -0.308 e. The smallest absolute Gasteiger partial charge is 0.239 e. The van der Waals surface area contributed by atoms with Gasteiger partial charge in [-0.2, -0.15) is 10.4 Å². The van der Waals surface area contributed by atoms with Crippen LogP contribution in [0, 0.1) is 32.1 Å². The van der Waals surface area contributed by atoms with E-state index in [1.54, 1.807) is 4.68 Å². The summed E-state index contributed by atoms with van der Waals surface area (Å²) in [5, 5.41) is 27.0. The number of thioether (sulfide) groups is 1. The average Bonchev–Trinajstić information content (AvgIpc) is 3.46. The first kappa shape index (κ1) is 23.6. The summed E-state index contributed by atoms with van der Waals surface area (Å²) < 4.78 is 3.61. The molecule has 0 aliphatic carbocycles. The Kier molecular flexibility index (Phi) is 6.20. The molecule has 0 saturated heterocycles. The summed E-state index contributed by atoms with van der Waals surface area (Å²) in [4.78, 5) is 13.4. The maximum absolute atomic E-state index is 13.4. The van der Waals surface area contributed by atoms with Gasteiger partial charge in [0.25, 0.3) is 0 Å². The summed E-state index contributed by atoms with van der Waals surface area (Å²) >= 11 is 1.37. The zero-order chi connectivity index (χ0) is 25.4. The molecule has 2 aromatic carbocycles. The number of rotatable bonds is 6. The maximum atomic E-state index is 13.4. The molecule has 8 nitrogen and oxygen atoms in total. The Balaban J connectivity index is 1.51. The summed E-state index contributed by atoms with van der Waals surface area (Å²) in [5.41, 5.74) is 6.31. The molecule has 0 saturated carbocycles. The number of fused-ring (bicyclic) bond motifs is 3. The molecule has 1 amide bonds. The maximum Gasteiger partial charge on any atom is 0.239 e. The van der Waals surface area contributed by atoms with E-state index in [4.69, 9.17) is 0 Å². The van der Waals surface area contributed by atoms with Gasteiger partial charge in [-0.1, -0.05) is 48.5 Å². The lowest BCUT2D eigenvalue weighted by atomic mass is 10.0. The Morgan fingerprint density at radius 2 is 1.89 bits per heavy atom. The fraction of sp³-hybridized carbons (Fsp3) is 0.222. The molecule has 3 aromatic heterocycles. The second-order valence-electron chi connectivity index (χ2n) is 8.75. The van der Waals surface area contributed by atoms with Gasteiger partial charge in [0.1, 0.15) is 11.6 Å². The van der Waals surface area contributed by atoms with Crippen LogP contribution in [-0.2, 0) is 4.79 Å². The SMILES string of the molecule is CCC(Sc1nnc2cc(C)c3cc(C)cc(C)c3n12)C(=O)Nc1c(C#N)cnn1-c1ccccc1. The number of nitriles is 1. The van der Waals surface area contributed by atoms with E-state index in [2.05, 4.69) is 59.6 Å². The van der Waals surface area contributed by atoms with Crippen LogP contribution in [0.4, 0.5) is 5.82 Å². The molecule has 5 aromatic rings. The van der Waals surface area contributed by atoms with E-state index in [9.17, 15) is 10.1 Å². The molecule has 180 valence electrons. The van der Waals surface area contributed by atoms with E-state index in [-0.39, 0.29) is 5.91 Å². The molecule has 5 rings (SSSR count). The van der Waals surface area contributed by atoms with Gasteiger partial charge in [-0.3, -0.25) is 9.20 Å². The van der Waals surface area contributed by atoms with Crippen molar-refractivity contribution in [2.45, 2.75) is 44.5 Å². The van der Waals surface area contributed by atoms with E-state index >= 15 is 0 Å². The van der Waals surface area contributed by atoms with Crippen LogP contribution in [0.3, 0.4) is 0 Å². The molecule has 1 atom stereocenters. The number of carbonyl (C=O) groups is 1. The Labute approximate surface area is 213 Å². The van der Waals surface area contributed by atoms with Crippen molar-refractivity contribution in [2.75, 3.05) is 5.32 Å². The number of amides is 1. The van der Waals surface area contributed by atoms with Crippen LogP contribution in [0.25, 0.3) is 22.2 Å². The van der Waals surface area contributed by atoms with Crippen LogP contribution in [0.1, 0.15) is 35.6 Å². The third kappa shape index (κ3) is 4.10. The summed E-state index contributed by atoms with van der Waals surface area (Å²) in [6.45, 7) is 8.20. The molecule has 1 unspecified atom stereocenters. The highest BCUT2D eigenvalue weighted by Crippen LogP contribution is 2.32. The molecule has 9 heteroatoms. The normalized spacial score (nSPS) is 12.1. The van der Waals surface area contributed by atoms with Gasteiger partial charge in [-0.05, 0) is 62.6 Å². The molecule has 0 fully saturated rings. The van der Waals surface area contributed by atoms with Crippen LogP contribution < -0.4 is 5.32 Å². The number of carbonyl (C=O) groups excluding carboxylic acids is 1. The minimum atomic E-state index is -0.454. The Bertz CT molecular complexity index is 1650. The summed E-state index contributed by atoms with van der Waals surface area (Å²) in [6, 6.07) is 17.9. The first-order valence-electron chi connectivity index (χ1n) is 11.7. The van der Waals surface area contributed by atoms with Gasteiger partial charge in [-0.15, -0.1) is 10.2 Å². The first-order chi connectivity index (χ1) is 17.4. The Hall–Kier alpha value is -4.16. The van der Waals surface area contributed by atoms with Gasteiger partial charge >= 0.3 is 0 Å². The largest absolute Gasteiger partial charge is 0.308 e. The van der Waals surface area contributed by atoms with E-state index < -0.39 is 5.25 Å². The summed E-state index contributed by atoms with van der Waals surface area (Å²) in [5.74, 6) is 0.128. The molecule has 3 heterocycles. The van der Waals surface area contributed by atoms with Gasteiger partial charge in [0.15, 0.2) is 16.6 Å². The predicted octanol–water partition coefficient (Wildman–Crippen LogP) is 5.37. The van der Waals surface area contributed by atoms with Crippen molar-refractivity contribution >= 4 is 40.0 Å². The lowest BCUT2D eigenvalue weighted by Crippen LogP contribution is -2.26. The standard InChI is InChI=1S/C27H25N7OS/c1-5-22(26(35)30-25-19(14-28)15-29-34(25)20-9-7-6-8-10-20)36-27-32-31-23-13-17(3)21-12-16(2)11-18(4)24(21)33(23)27/h6-13,15,22H,5H2,1-4H3,(H,30,35). The van der Waals surface area contributed by atoms with E-state index in [0.29, 0.717) is 23.0 Å². The number of para-hydroxylation sites is 1. The van der Waals surface area contributed by atoms with Gasteiger partial charge in [0.05, 0.1) is 22.7 Å². The van der Waals surface area contributed by atoms with E-state index in [1.807, 2.05) is 47.7 Å². The number of hydrogen-bond acceptors (Lipinski definition) is 6. The van der Waals surface area contributed by atoms with E-state index in [1.165, 1.54) is 23.5 Å². The highest BCUT2D eigenvalue weighted by Gasteiger charge is 2.25. The minimum absolute atomic E-state index is 0.225. The molecule has 0 aliphatic rings. The highest BCUT2D eigenvalue weighted by atomic mass is 32.2. The number of benzene rings is 2. The second kappa shape index (κ2) is 9.47. The van der Waals surface area contributed by atoms with Crippen LogP contribution in [0.15, 0.2) is 59.9 Å². The number of aromatic nitrogens is 5. The van der Waals surface area contributed by atoms with Crippen molar-refractivity contribution in [1.82, 2.24) is 24.4 Å². The van der Waals surface area contributed by atoms with Crippen molar-refractivity contribution in [2.24, 2.45) is 0 Å². The summed E-state index contributed by atoms with van der Waals surface area (Å²) in [7, 11) is 0. The van der Waals surface area contributed by atoms with Crippen LogP contribution in [0.2, 0.25) is 0 Å². The van der Waals surface area contributed by atoms with Gasteiger partial charge in [0, 0.05) is 5.39 Å². The van der Waals surface area contributed by atoms with Crippen molar-refractivity contribution < 1.29 is 4.79 Å². The van der Waals surface area contributed by atoms with E-state index in [0.717, 1.165) is 33.4 Å². The molecule has 0 bridgehead atoms. The molecule has 0 spiro atoms. The number of pyridine rings is 1. The van der Waals surface area contributed by atoms with Gasteiger partial charge in [0.2, 0.25) is 5.91 Å². The third-order valence-corrected chi connectivity index (χ3v) is 7.45. The topological polar surface area (TPSA) is 101 Å². The number of nitrogens with zero attached hydrogens (tertiary/aromatic N) is 6. The fourth-order valence-electron chi connectivity index (χ4n) is 4.45. The zero-order valence-corrected chi connectivity index (χ0v) is 21.3. The van der Waals surface area contributed by atoms with Gasteiger partial charge in [-0.25, -0.2) is 4.68 Å². The second-order valence-corrected chi connectivity index (χ2v) is 9.92. The number of anilines is 1. The lowest BCUT2D eigenvalue weighted by molar-refractivity contribution is -0.115. The lowest BCUT2D eigenvalue weighted by Gasteiger charge is -2.16. The molecule has 0 aliphatic heterocycles. The molecular formula is C27H25N7OS.